The van der Waals surface area contributed by atoms with Crippen molar-refractivity contribution in [3.05, 3.63) is 60.7 Å². The fraction of sp³-hybridized carbons (Fsp3) is 0.500. The maximum absolute atomic E-state index is 10.1. The number of ether oxygens (including phenoxy) is 2. The number of aliphatic hydroxyl groups excluding tert-OH is 1. The second-order valence-corrected chi connectivity index (χ2v) is 13.2. The Balaban J connectivity index is 1.86. The number of hydrogen-bond donors (Lipinski definition) is 1. The van der Waals surface area contributed by atoms with Gasteiger partial charge in [0.25, 0.3) is 8.32 Å². The molecule has 0 bridgehead atoms. The SMILES string of the molecule is CO[C@@H]1C[C@H](O)C[C@H](CCO[Si](c2ccccc2)(c2ccccc2)C(C)(C)C)O1. The molecule has 3 rings (SSSR count). The van der Waals surface area contributed by atoms with Crippen molar-refractivity contribution in [2.24, 2.45) is 0 Å². The average molecular weight is 415 g/mol. The first-order valence-electron chi connectivity index (χ1n) is 10.5. The van der Waals surface area contributed by atoms with E-state index in [9.17, 15) is 5.11 Å². The van der Waals surface area contributed by atoms with Crippen molar-refractivity contribution >= 4 is 18.7 Å². The Morgan fingerprint density at radius 1 is 0.966 bits per heavy atom. The van der Waals surface area contributed by atoms with Crippen LogP contribution in [0.4, 0.5) is 0 Å². The first kappa shape index (κ1) is 22.2. The fourth-order valence-electron chi connectivity index (χ4n) is 4.39. The summed E-state index contributed by atoms with van der Waals surface area (Å²) in [6, 6.07) is 21.3. The lowest BCUT2D eigenvalue weighted by atomic mass is 10.0. The Bertz CT molecular complexity index is 705. The molecule has 0 saturated carbocycles. The Morgan fingerprint density at radius 3 is 2.00 bits per heavy atom. The van der Waals surface area contributed by atoms with Crippen molar-refractivity contribution in [1.82, 2.24) is 0 Å². The molecule has 2 aromatic carbocycles. The second kappa shape index (κ2) is 9.54. The zero-order valence-electron chi connectivity index (χ0n) is 18.0. The van der Waals surface area contributed by atoms with Crippen molar-refractivity contribution in [3.8, 4) is 0 Å². The third-order valence-corrected chi connectivity index (χ3v) is 10.8. The van der Waals surface area contributed by atoms with E-state index < -0.39 is 8.32 Å². The van der Waals surface area contributed by atoms with Crippen molar-refractivity contribution in [3.63, 3.8) is 0 Å². The van der Waals surface area contributed by atoms with E-state index in [-0.39, 0.29) is 23.5 Å². The van der Waals surface area contributed by atoms with E-state index in [0.29, 0.717) is 19.4 Å². The van der Waals surface area contributed by atoms with Crippen LogP contribution >= 0.6 is 0 Å². The van der Waals surface area contributed by atoms with Gasteiger partial charge in [0.05, 0.1) is 12.2 Å². The minimum atomic E-state index is -2.53. The van der Waals surface area contributed by atoms with Crippen molar-refractivity contribution < 1.29 is 19.0 Å². The first-order valence-corrected chi connectivity index (χ1v) is 12.4. The van der Waals surface area contributed by atoms with Crippen LogP contribution in [0.5, 0.6) is 0 Å². The molecule has 5 heteroatoms. The van der Waals surface area contributed by atoms with E-state index in [1.165, 1.54) is 10.4 Å². The number of rotatable bonds is 7. The summed E-state index contributed by atoms with van der Waals surface area (Å²) in [5.74, 6) is 0. The smallest absolute Gasteiger partial charge is 0.261 e. The van der Waals surface area contributed by atoms with Crippen LogP contribution in [0.1, 0.15) is 40.0 Å². The quantitative estimate of drug-likeness (QED) is 0.705. The molecule has 1 heterocycles. The summed E-state index contributed by atoms with van der Waals surface area (Å²) in [6.07, 6.45) is 1.12. The summed E-state index contributed by atoms with van der Waals surface area (Å²) in [7, 11) is -0.902. The van der Waals surface area contributed by atoms with Crippen LogP contribution in [0, 0.1) is 0 Å². The van der Waals surface area contributed by atoms with Gasteiger partial charge in [-0.05, 0) is 28.3 Å². The lowest BCUT2D eigenvalue weighted by Crippen LogP contribution is -2.66. The van der Waals surface area contributed by atoms with E-state index in [4.69, 9.17) is 13.9 Å². The number of benzene rings is 2. The van der Waals surface area contributed by atoms with Crippen LogP contribution in [-0.2, 0) is 13.9 Å². The third kappa shape index (κ3) is 4.98. The maximum atomic E-state index is 10.1. The Morgan fingerprint density at radius 2 is 1.52 bits per heavy atom. The minimum Gasteiger partial charge on any atom is -0.407 e. The molecule has 0 aromatic heterocycles. The van der Waals surface area contributed by atoms with Gasteiger partial charge in [0.15, 0.2) is 6.29 Å². The average Bonchev–Trinajstić information content (AvgIpc) is 2.71. The van der Waals surface area contributed by atoms with Gasteiger partial charge in [-0.3, -0.25) is 0 Å². The van der Waals surface area contributed by atoms with Crippen LogP contribution in [-0.4, -0.2) is 45.6 Å². The van der Waals surface area contributed by atoms with Crippen molar-refractivity contribution in [2.45, 2.75) is 63.6 Å². The molecule has 3 atom stereocenters. The third-order valence-electron chi connectivity index (χ3n) is 5.78. The molecular formula is C24H34O4Si. The molecule has 1 aliphatic heterocycles. The molecule has 0 unspecified atom stereocenters. The molecule has 0 amide bonds. The van der Waals surface area contributed by atoms with Crippen molar-refractivity contribution in [2.75, 3.05) is 13.7 Å². The molecule has 0 spiro atoms. The van der Waals surface area contributed by atoms with Crippen LogP contribution in [0.15, 0.2) is 60.7 Å². The second-order valence-electron chi connectivity index (χ2n) is 8.85. The molecule has 1 fully saturated rings. The summed E-state index contributed by atoms with van der Waals surface area (Å²) in [4.78, 5) is 0. The normalized spacial score (nSPS) is 23.1. The van der Waals surface area contributed by atoms with Crippen LogP contribution in [0.25, 0.3) is 0 Å². The van der Waals surface area contributed by atoms with Crippen LogP contribution < -0.4 is 10.4 Å². The van der Waals surface area contributed by atoms with E-state index in [0.717, 1.165) is 6.42 Å². The predicted molar refractivity (Wildman–Crippen MR) is 119 cm³/mol. The van der Waals surface area contributed by atoms with Gasteiger partial charge in [0.1, 0.15) is 0 Å². The standard InChI is InChI=1S/C24H34O4Si/c1-24(2,3)29(21-11-7-5-8-12-21,22-13-9-6-10-14-22)27-16-15-20-17-19(25)18-23(26-4)28-20/h5-14,19-20,23,25H,15-18H2,1-4H3/t19-,20+,23+/m1/s1. The Kier molecular flexibility index (Phi) is 7.30. The van der Waals surface area contributed by atoms with Crippen LogP contribution in [0.2, 0.25) is 5.04 Å². The Hall–Kier alpha value is -1.50. The molecule has 29 heavy (non-hydrogen) atoms. The molecule has 4 nitrogen and oxygen atoms in total. The molecule has 0 aliphatic carbocycles. The monoisotopic (exact) mass is 414 g/mol. The largest absolute Gasteiger partial charge is 0.407 e. The van der Waals surface area contributed by atoms with Crippen molar-refractivity contribution in [1.29, 1.82) is 0 Å². The minimum absolute atomic E-state index is 0.0439. The number of hydrogen-bond acceptors (Lipinski definition) is 4. The summed E-state index contributed by atoms with van der Waals surface area (Å²) >= 11 is 0. The summed E-state index contributed by atoms with van der Waals surface area (Å²) < 4.78 is 18.2. The van der Waals surface area contributed by atoms with E-state index in [1.807, 2.05) is 0 Å². The number of methoxy groups -OCH3 is 1. The number of aliphatic hydroxyl groups is 1. The summed E-state index contributed by atoms with van der Waals surface area (Å²) in [5.41, 5.74) is 0. The molecular weight excluding hydrogens is 380 g/mol. The van der Waals surface area contributed by atoms with Gasteiger partial charge in [-0.2, -0.15) is 0 Å². The van der Waals surface area contributed by atoms with Crippen LogP contribution in [0.3, 0.4) is 0 Å². The zero-order valence-corrected chi connectivity index (χ0v) is 19.0. The van der Waals surface area contributed by atoms with Gasteiger partial charge >= 0.3 is 0 Å². The first-order chi connectivity index (χ1) is 13.9. The molecule has 0 radical (unpaired) electrons. The molecule has 1 N–H and O–H groups in total. The lowest BCUT2D eigenvalue weighted by Gasteiger charge is -2.43. The topological polar surface area (TPSA) is 47.9 Å². The molecule has 1 saturated heterocycles. The van der Waals surface area contributed by atoms with Gasteiger partial charge in [-0.1, -0.05) is 81.4 Å². The lowest BCUT2D eigenvalue weighted by molar-refractivity contribution is -0.205. The molecule has 158 valence electrons. The Labute approximate surface area is 176 Å². The van der Waals surface area contributed by atoms with Gasteiger partial charge in [0, 0.05) is 20.1 Å². The highest BCUT2D eigenvalue weighted by Crippen LogP contribution is 2.37. The van der Waals surface area contributed by atoms with E-state index >= 15 is 0 Å². The highest BCUT2D eigenvalue weighted by atomic mass is 28.4. The highest BCUT2D eigenvalue weighted by Gasteiger charge is 2.50. The molecule has 2 aromatic rings. The molecule has 1 aliphatic rings. The van der Waals surface area contributed by atoms with Gasteiger partial charge < -0.3 is 19.0 Å². The maximum Gasteiger partial charge on any atom is 0.261 e. The van der Waals surface area contributed by atoms with Gasteiger partial charge in [-0.15, -0.1) is 0 Å². The predicted octanol–water partition coefficient (Wildman–Crippen LogP) is 3.47. The van der Waals surface area contributed by atoms with E-state index in [2.05, 4.69) is 81.4 Å². The highest BCUT2D eigenvalue weighted by molar-refractivity contribution is 6.99. The summed E-state index contributed by atoms with van der Waals surface area (Å²) in [5, 5.41) is 12.6. The zero-order chi connectivity index (χ0) is 20.9. The fourth-order valence-corrected chi connectivity index (χ4v) is 8.97. The summed E-state index contributed by atoms with van der Waals surface area (Å²) in [6.45, 7) is 7.42. The van der Waals surface area contributed by atoms with Gasteiger partial charge in [0.2, 0.25) is 0 Å². The van der Waals surface area contributed by atoms with Gasteiger partial charge in [-0.25, -0.2) is 0 Å². The van der Waals surface area contributed by atoms with E-state index in [1.54, 1.807) is 7.11 Å².